The van der Waals surface area contributed by atoms with Crippen molar-refractivity contribution in [2.24, 2.45) is 0 Å². The van der Waals surface area contributed by atoms with Crippen molar-refractivity contribution in [1.82, 2.24) is 0 Å². The summed E-state index contributed by atoms with van der Waals surface area (Å²) in [7, 11) is 0. The van der Waals surface area contributed by atoms with Crippen LogP contribution < -0.4 is 0 Å². The van der Waals surface area contributed by atoms with Gasteiger partial charge in [0, 0.05) is 0 Å². The number of hydrogen-bond donors (Lipinski definition) is 1. The smallest absolute Gasteiger partial charge is 0.343 e. The van der Waals surface area contributed by atoms with Crippen LogP contribution in [0.25, 0.3) is 0 Å². The number of ether oxygens (including phenoxy) is 1. The van der Waals surface area contributed by atoms with E-state index in [4.69, 9.17) is 0 Å². The molecule has 1 aromatic carbocycles. The lowest BCUT2D eigenvalue weighted by Gasteiger charge is -2.15. The Hall–Kier alpha value is -1.63. The van der Waals surface area contributed by atoms with E-state index >= 15 is 0 Å². The standard InChI is InChI=1S/C11H10F4O3/c1-2-18-11(17)9(15)10(16)5-3-6(12)8(14)7(13)4-5/h3-4,9-10,16H,2H2,1H3. The van der Waals surface area contributed by atoms with E-state index in [0.717, 1.165) is 0 Å². The van der Waals surface area contributed by atoms with E-state index in [1.807, 2.05) is 0 Å². The average molecular weight is 266 g/mol. The minimum atomic E-state index is -2.51. The molecule has 0 aliphatic carbocycles. The molecule has 0 radical (unpaired) electrons. The number of alkyl halides is 1. The van der Waals surface area contributed by atoms with E-state index in [-0.39, 0.29) is 6.61 Å². The number of rotatable bonds is 4. The summed E-state index contributed by atoms with van der Waals surface area (Å²) in [6.45, 7) is 1.31. The van der Waals surface area contributed by atoms with Gasteiger partial charge in [0.05, 0.1) is 6.61 Å². The topological polar surface area (TPSA) is 46.5 Å². The number of esters is 1. The van der Waals surface area contributed by atoms with Crippen molar-refractivity contribution in [3.63, 3.8) is 0 Å². The van der Waals surface area contributed by atoms with Crippen molar-refractivity contribution in [3.8, 4) is 0 Å². The summed E-state index contributed by atoms with van der Waals surface area (Å²) in [4.78, 5) is 11.0. The molecule has 1 aromatic rings. The summed E-state index contributed by atoms with van der Waals surface area (Å²) in [5, 5.41) is 9.39. The fourth-order valence-corrected chi connectivity index (χ4v) is 1.27. The SMILES string of the molecule is CCOC(=O)C(F)C(O)c1cc(F)c(F)c(F)c1. The summed E-state index contributed by atoms with van der Waals surface area (Å²) >= 11 is 0. The van der Waals surface area contributed by atoms with Crippen molar-refractivity contribution in [2.75, 3.05) is 6.61 Å². The van der Waals surface area contributed by atoms with Gasteiger partial charge in [-0.3, -0.25) is 0 Å². The first kappa shape index (κ1) is 14.4. The normalized spacial score (nSPS) is 14.1. The maximum Gasteiger partial charge on any atom is 0.343 e. The molecule has 0 saturated carbocycles. The van der Waals surface area contributed by atoms with Crippen molar-refractivity contribution >= 4 is 5.97 Å². The number of carbonyl (C=O) groups excluding carboxylic acids is 1. The van der Waals surface area contributed by atoms with Crippen LogP contribution in [0.4, 0.5) is 17.6 Å². The maximum atomic E-state index is 13.4. The molecule has 0 aliphatic rings. The molecule has 1 N–H and O–H groups in total. The molecule has 18 heavy (non-hydrogen) atoms. The predicted molar refractivity (Wildman–Crippen MR) is 52.8 cm³/mol. The molecular weight excluding hydrogens is 256 g/mol. The van der Waals surface area contributed by atoms with Gasteiger partial charge in [-0.1, -0.05) is 0 Å². The lowest BCUT2D eigenvalue weighted by Crippen LogP contribution is -2.26. The van der Waals surface area contributed by atoms with E-state index < -0.39 is 41.3 Å². The minimum Gasteiger partial charge on any atom is -0.464 e. The molecule has 1 rings (SSSR count). The summed E-state index contributed by atoms with van der Waals surface area (Å²) in [6.07, 6.45) is -4.64. The molecule has 2 unspecified atom stereocenters. The highest BCUT2D eigenvalue weighted by atomic mass is 19.2. The van der Waals surface area contributed by atoms with E-state index in [0.29, 0.717) is 12.1 Å². The first-order chi connectivity index (χ1) is 8.38. The molecule has 0 spiro atoms. The predicted octanol–water partition coefficient (Wildman–Crippen LogP) is 2.04. The zero-order valence-electron chi connectivity index (χ0n) is 9.29. The third-order valence-corrected chi connectivity index (χ3v) is 2.14. The quantitative estimate of drug-likeness (QED) is 0.515. The highest BCUT2D eigenvalue weighted by molar-refractivity contribution is 5.75. The van der Waals surface area contributed by atoms with Gasteiger partial charge >= 0.3 is 5.97 Å². The Morgan fingerprint density at radius 3 is 2.28 bits per heavy atom. The molecule has 0 amide bonds. The largest absolute Gasteiger partial charge is 0.464 e. The Balaban J connectivity index is 2.97. The van der Waals surface area contributed by atoms with Gasteiger partial charge < -0.3 is 9.84 Å². The number of aliphatic hydroxyl groups excluding tert-OH is 1. The number of aliphatic hydroxyl groups is 1. The zero-order chi connectivity index (χ0) is 13.9. The number of hydrogen-bond acceptors (Lipinski definition) is 3. The Labute approximate surface area is 100.0 Å². The second-order valence-corrected chi connectivity index (χ2v) is 3.40. The van der Waals surface area contributed by atoms with Gasteiger partial charge in [0.1, 0.15) is 6.10 Å². The highest BCUT2D eigenvalue weighted by Crippen LogP contribution is 2.24. The van der Waals surface area contributed by atoms with Crippen LogP contribution in [0.15, 0.2) is 12.1 Å². The monoisotopic (exact) mass is 266 g/mol. The van der Waals surface area contributed by atoms with Crippen LogP contribution in [0.5, 0.6) is 0 Å². The van der Waals surface area contributed by atoms with E-state index in [2.05, 4.69) is 4.74 Å². The fourth-order valence-electron chi connectivity index (χ4n) is 1.27. The summed E-state index contributed by atoms with van der Waals surface area (Å²) in [5.41, 5.74) is -0.591. The Morgan fingerprint density at radius 1 is 1.33 bits per heavy atom. The van der Waals surface area contributed by atoms with Crippen LogP contribution in [0.3, 0.4) is 0 Å². The van der Waals surface area contributed by atoms with Crippen LogP contribution in [0.1, 0.15) is 18.6 Å². The molecule has 3 nitrogen and oxygen atoms in total. The van der Waals surface area contributed by atoms with Gasteiger partial charge in [-0.05, 0) is 24.6 Å². The van der Waals surface area contributed by atoms with Crippen molar-refractivity contribution in [1.29, 1.82) is 0 Å². The lowest BCUT2D eigenvalue weighted by molar-refractivity contribution is -0.153. The van der Waals surface area contributed by atoms with E-state index in [9.17, 15) is 27.5 Å². The molecule has 100 valence electrons. The first-order valence-corrected chi connectivity index (χ1v) is 5.01. The van der Waals surface area contributed by atoms with Crippen LogP contribution in [0, 0.1) is 17.5 Å². The van der Waals surface area contributed by atoms with Crippen LogP contribution in [-0.2, 0) is 9.53 Å². The zero-order valence-corrected chi connectivity index (χ0v) is 9.29. The molecule has 0 bridgehead atoms. The molecular formula is C11H10F4O3. The first-order valence-electron chi connectivity index (χ1n) is 5.01. The summed E-state index contributed by atoms with van der Waals surface area (Å²) < 4.78 is 56.0. The van der Waals surface area contributed by atoms with Gasteiger partial charge in [-0.25, -0.2) is 22.4 Å². The lowest BCUT2D eigenvalue weighted by atomic mass is 10.0. The van der Waals surface area contributed by atoms with Gasteiger partial charge in [-0.15, -0.1) is 0 Å². The fraction of sp³-hybridized carbons (Fsp3) is 0.364. The number of benzene rings is 1. The van der Waals surface area contributed by atoms with E-state index in [1.54, 1.807) is 0 Å². The number of halogens is 4. The second kappa shape index (κ2) is 5.81. The van der Waals surface area contributed by atoms with Gasteiger partial charge in [0.25, 0.3) is 0 Å². The molecule has 0 heterocycles. The van der Waals surface area contributed by atoms with Crippen molar-refractivity contribution in [2.45, 2.75) is 19.2 Å². The Kier molecular flexibility index (Phi) is 4.66. The van der Waals surface area contributed by atoms with Crippen LogP contribution >= 0.6 is 0 Å². The van der Waals surface area contributed by atoms with Crippen molar-refractivity contribution < 1.29 is 32.2 Å². The van der Waals surface area contributed by atoms with Crippen LogP contribution in [-0.4, -0.2) is 23.9 Å². The molecule has 0 fully saturated rings. The van der Waals surface area contributed by atoms with Gasteiger partial charge in [0.15, 0.2) is 17.5 Å². The van der Waals surface area contributed by atoms with Crippen molar-refractivity contribution in [3.05, 3.63) is 35.1 Å². The third kappa shape index (κ3) is 2.98. The Bertz CT molecular complexity index is 427. The molecule has 0 aromatic heterocycles. The molecule has 0 saturated heterocycles. The highest BCUT2D eigenvalue weighted by Gasteiger charge is 2.30. The molecule has 0 aliphatic heterocycles. The summed E-state index contributed by atoms with van der Waals surface area (Å²) in [5.74, 6) is -6.27. The molecule has 7 heteroatoms. The maximum absolute atomic E-state index is 13.4. The average Bonchev–Trinajstić information content (AvgIpc) is 2.33. The minimum absolute atomic E-state index is 0.113. The number of carbonyl (C=O) groups is 1. The summed E-state index contributed by atoms with van der Waals surface area (Å²) in [6, 6.07) is 0.823. The second-order valence-electron chi connectivity index (χ2n) is 3.40. The van der Waals surface area contributed by atoms with Gasteiger partial charge in [0.2, 0.25) is 6.17 Å². The van der Waals surface area contributed by atoms with Gasteiger partial charge in [-0.2, -0.15) is 0 Å². The molecule has 2 atom stereocenters. The third-order valence-electron chi connectivity index (χ3n) is 2.14. The van der Waals surface area contributed by atoms with E-state index in [1.165, 1.54) is 6.92 Å². The van der Waals surface area contributed by atoms with Crippen LogP contribution in [0.2, 0.25) is 0 Å². The Morgan fingerprint density at radius 2 is 1.83 bits per heavy atom.